The van der Waals surface area contributed by atoms with Crippen molar-refractivity contribution < 1.29 is 13.2 Å². The van der Waals surface area contributed by atoms with Gasteiger partial charge < -0.3 is 0 Å². The van der Waals surface area contributed by atoms with Gasteiger partial charge in [-0.2, -0.15) is 0 Å². The van der Waals surface area contributed by atoms with E-state index in [2.05, 4.69) is 6.58 Å². The molecule has 0 aliphatic heterocycles. The second-order valence-electron chi connectivity index (χ2n) is 2.83. The zero-order chi connectivity index (χ0) is 10.7. The molecule has 0 aliphatic rings. The topological polar surface area (TPSA) is 0 Å². The smallest absolute Gasteiger partial charge is 0.136 e. The van der Waals surface area contributed by atoms with E-state index in [0.29, 0.717) is 17.7 Å². The van der Waals surface area contributed by atoms with Crippen molar-refractivity contribution in [1.82, 2.24) is 0 Å². The molecule has 0 N–H and O–H groups in total. The molecule has 0 bridgehead atoms. The van der Waals surface area contributed by atoms with Crippen LogP contribution >= 0.6 is 0 Å². The number of hydrogen-bond acceptors (Lipinski definition) is 0. The summed E-state index contributed by atoms with van der Waals surface area (Å²) < 4.78 is 38.8. The van der Waals surface area contributed by atoms with Crippen LogP contribution in [-0.2, 0) is 0 Å². The Morgan fingerprint density at radius 1 is 1.21 bits per heavy atom. The predicted molar refractivity (Wildman–Crippen MR) is 50.2 cm³/mol. The standard InChI is InChI=1S/C11H9F3/c1-3-4-7(2)11-9(13)5-8(12)6-10(11)14/h3-6H,1H2,2H3/b7-4+. The highest BCUT2D eigenvalue weighted by Crippen LogP contribution is 2.22. The quantitative estimate of drug-likeness (QED) is 0.635. The van der Waals surface area contributed by atoms with Crippen LogP contribution in [0.4, 0.5) is 13.2 Å². The second kappa shape index (κ2) is 4.13. The summed E-state index contributed by atoms with van der Waals surface area (Å²) in [5, 5.41) is 0. The highest BCUT2D eigenvalue weighted by Gasteiger charge is 2.12. The molecule has 74 valence electrons. The Morgan fingerprint density at radius 2 is 1.71 bits per heavy atom. The van der Waals surface area contributed by atoms with Crippen LogP contribution in [-0.4, -0.2) is 0 Å². The van der Waals surface area contributed by atoms with Crippen LogP contribution in [0.5, 0.6) is 0 Å². The van der Waals surface area contributed by atoms with Crippen molar-refractivity contribution in [3.8, 4) is 0 Å². The van der Waals surface area contributed by atoms with Crippen LogP contribution in [0.15, 0.2) is 30.9 Å². The van der Waals surface area contributed by atoms with Gasteiger partial charge in [0.15, 0.2) is 0 Å². The van der Waals surface area contributed by atoms with Crippen LogP contribution in [0.3, 0.4) is 0 Å². The summed E-state index contributed by atoms with van der Waals surface area (Å²) in [7, 11) is 0. The molecule has 0 amide bonds. The highest BCUT2D eigenvalue weighted by atomic mass is 19.1. The van der Waals surface area contributed by atoms with Gasteiger partial charge in [-0.05, 0) is 12.5 Å². The number of halogens is 3. The first kappa shape index (κ1) is 10.6. The zero-order valence-electron chi connectivity index (χ0n) is 7.65. The number of rotatable bonds is 2. The van der Waals surface area contributed by atoms with E-state index in [0.717, 1.165) is 0 Å². The molecule has 3 heteroatoms. The fourth-order valence-electron chi connectivity index (χ4n) is 1.18. The lowest BCUT2D eigenvalue weighted by atomic mass is 10.1. The van der Waals surface area contributed by atoms with Crippen LogP contribution < -0.4 is 0 Å². The monoisotopic (exact) mass is 198 g/mol. The minimum absolute atomic E-state index is 0.216. The summed E-state index contributed by atoms with van der Waals surface area (Å²) in [6.45, 7) is 4.94. The molecule has 0 aliphatic carbocycles. The van der Waals surface area contributed by atoms with E-state index in [9.17, 15) is 13.2 Å². The van der Waals surface area contributed by atoms with Crippen molar-refractivity contribution in [3.63, 3.8) is 0 Å². The molecule has 0 nitrogen and oxygen atoms in total. The molecule has 0 fully saturated rings. The Labute approximate surface area is 80.4 Å². The van der Waals surface area contributed by atoms with E-state index in [-0.39, 0.29) is 5.56 Å². The zero-order valence-corrected chi connectivity index (χ0v) is 7.65. The van der Waals surface area contributed by atoms with Crippen LogP contribution in [0.1, 0.15) is 12.5 Å². The van der Waals surface area contributed by atoms with Crippen molar-refractivity contribution in [2.45, 2.75) is 6.92 Å². The van der Waals surface area contributed by atoms with Gasteiger partial charge in [0.25, 0.3) is 0 Å². The van der Waals surface area contributed by atoms with Crippen molar-refractivity contribution in [2.24, 2.45) is 0 Å². The first-order valence-electron chi connectivity index (χ1n) is 4.00. The summed E-state index contributed by atoms with van der Waals surface area (Å²) >= 11 is 0. The molecule has 0 unspecified atom stereocenters. The average Bonchev–Trinajstić information content (AvgIpc) is 2.01. The molecule has 1 rings (SSSR count). The molecule has 1 aromatic carbocycles. The summed E-state index contributed by atoms with van der Waals surface area (Å²) in [5.74, 6) is -2.73. The van der Waals surface area contributed by atoms with Crippen molar-refractivity contribution in [3.05, 3.63) is 53.9 Å². The Bertz CT molecular complexity index is 369. The van der Waals surface area contributed by atoms with E-state index >= 15 is 0 Å². The lowest BCUT2D eigenvalue weighted by molar-refractivity contribution is 0.539. The van der Waals surface area contributed by atoms with Gasteiger partial charge in [0.2, 0.25) is 0 Å². The molecule has 0 atom stereocenters. The first-order valence-corrected chi connectivity index (χ1v) is 4.00. The molecule has 0 spiro atoms. The lowest BCUT2D eigenvalue weighted by Gasteiger charge is -2.04. The maximum atomic E-state index is 13.1. The average molecular weight is 198 g/mol. The third-order valence-corrected chi connectivity index (χ3v) is 1.77. The van der Waals surface area contributed by atoms with Gasteiger partial charge in [-0.3, -0.25) is 0 Å². The van der Waals surface area contributed by atoms with Gasteiger partial charge in [-0.15, -0.1) is 0 Å². The molecule has 0 aromatic heterocycles. The molecule has 0 radical (unpaired) electrons. The normalized spacial score (nSPS) is 11.6. The van der Waals surface area contributed by atoms with E-state index < -0.39 is 17.5 Å². The van der Waals surface area contributed by atoms with Crippen LogP contribution in [0.25, 0.3) is 5.57 Å². The van der Waals surface area contributed by atoms with E-state index in [1.165, 1.54) is 19.1 Å². The van der Waals surface area contributed by atoms with Gasteiger partial charge in [0, 0.05) is 17.7 Å². The van der Waals surface area contributed by atoms with E-state index in [4.69, 9.17) is 0 Å². The van der Waals surface area contributed by atoms with Gasteiger partial charge in [-0.1, -0.05) is 18.7 Å². The van der Waals surface area contributed by atoms with Gasteiger partial charge in [-0.25, -0.2) is 13.2 Å². The van der Waals surface area contributed by atoms with Crippen LogP contribution in [0.2, 0.25) is 0 Å². The molecule has 1 aromatic rings. The predicted octanol–water partition coefficient (Wildman–Crippen LogP) is 3.69. The maximum absolute atomic E-state index is 13.1. The fourth-order valence-corrected chi connectivity index (χ4v) is 1.18. The lowest BCUT2D eigenvalue weighted by Crippen LogP contribution is -1.94. The molecular weight excluding hydrogens is 189 g/mol. The summed E-state index contributed by atoms with van der Waals surface area (Å²) in [6, 6.07) is 1.30. The Hall–Kier alpha value is -1.51. The maximum Gasteiger partial charge on any atom is 0.136 e. The SMILES string of the molecule is C=C/C=C(\C)c1c(F)cc(F)cc1F. The summed E-state index contributed by atoms with van der Waals surface area (Å²) in [4.78, 5) is 0. The number of allylic oxidation sites excluding steroid dienone is 3. The van der Waals surface area contributed by atoms with Crippen molar-refractivity contribution in [2.75, 3.05) is 0 Å². The number of hydrogen-bond donors (Lipinski definition) is 0. The Balaban J connectivity index is 3.34. The van der Waals surface area contributed by atoms with E-state index in [1.807, 2.05) is 0 Å². The van der Waals surface area contributed by atoms with Crippen molar-refractivity contribution in [1.29, 1.82) is 0 Å². The van der Waals surface area contributed by atoms with Crippen molar-refractivity contribution >= 4 is 5.57 Å². The van der Waals surface area contributed by atoms with Gasteiger partial charge in [0.1, 0.15) is 17.5 Å². The minimum atomic E-state index is -0.921. The largest absolute Gasteiger partial charge is 0.207 e. The Morgan fingerprint density at radius 3 is 2.14 bits per heavy atom. The Kier molecular flexibility index (Phi) is 3.12. The summed E-state index contributed by atoms with van der Waals surface area (Å²) in [6.07, 6.45) is 2.87. The third kappa shape index (κ3) is 2.05. The summed E-state index contributed by atoms with van der Waals surface area (Å²) in [5.41, 5.74) is 0.154. The van der Waals surface area contributed by atoms with Gasteiger partial charge in [0.05, 0.1) is 0 Å². The third-order valence-electron chi connectivity index (χ3n) is 1.77. The molecule has 14 heavy (non-hydrogen) atoms. The second-order valence-corrected chi connectivity index (χ2v) is 2.83. The number of benzene rings is 1. The fraction of sp³-hybridized carbons (Fsp3) is 0.0909. The molecular formula is C11H9F3. The minimum Gasteiger partial charge on any atom is -0.207 e. The van der Waals surface area contributed by atoms with E-state index in [1.54, 1.807) is 0 Å². The first-order chi connectivity index (χ1) is 6.56. The van der Waals surface area contributed by atoms with Gasteiger partial charge >= 0.3 is 0 Å². The molecule has 0 saturated heterocycles. The molecule has 0 heterocycles. The van der Waals surface area contributed by atoms with Crippen LogP contribution in [0, 0.1) is 17.5 Å². The highest BCUT2D eigenvalue weighted by molar-refractivity contribution is 5.66. The molecule has 0 saturated carbocycles.